The maximum Gasteiger partial charge on any atom is 0.0767 e. The van der Waals surface area contributed by atoms with E-state index in [0.717, 1.165) is 61.9 Å². The number of hydrogen-bond donors (Lipinski definition) is 2. The number of nitrogens with one attached hydrogen (secondary N) is 1. The van der Waals surface area contributed by atoms with Crippen molar-refractivity contribution in [3.05, 3.63) is 15.9 Å². The van der Waals surface area contributed by atoms with Crippen molar-refractivity contribution in [2.75, 3.05) is 6.54 Å². The fourth-order valence-electron chi connectivity index (χ4n) is 2.93. The molecular formula is C15H26BrN3O. The Morgan fingerprint density at radius 2 is 2.00 bits per heavy atom. The van der Waals surface area contributed by atoms with Crippen LogP contribution < -0.4 is 5.32 Å². The van der Waals surface area contributed by atoms with Crippen LogP contribution in [0.4, 0.5) is 0 Å². The highest BCUT2D eigenvalue weighted by Crippen LogP contribution is 2.25. The molecule has 2 N–H and O–H groups in total. The van der Waals surface area contributed by atoms with Crippen molar-refractivity contribution in [1.82, 2.24) is 15.1 Å². The van der Waals surface area contributed by atoms with Crippen LogP contribution in [0.1, 0.15) is 50.9 Å². The van der Waals surface area contributed by atoms with E-state index in [4.69, 9.17) is 0 Å². The van der Waals surface area contributed by atoms with Gasteiger partial charge in [-0.2, -0.15) is 5.10 Å². The van der Waals surface area contributed by atoms with Crippen LogP contribution in [0.3, 0.4) is 0 Å². The third-order valence-electron chi connectivity index (χ3n) is 4.24. The van der Waals surface area contributed by atoms with Crippen molar-refractivity contribution in [3.63, 3.8) is 0 Å². The number of aliphatic hydroxyl groups excluding tert-OH is 1. The number of rotatable bonds is 6. The first-order valence-electron chi connectivity index (χ1n) is 7.78. The lowest BCUT2D eigenvalue weighted by atomic mass is 9.87. The van der Waals surface area contributed by atoms with Crippen LogP contribution in [-0.4, -0.2) is 27.5 Å². The number of nitrogens with zero attached hydrogens (tertiary/aromatic N) is 2. The van der Waals surface area contributed by atoms with Gasteiger partial charge in [0.2, 0.25) is 0 Å². The van der Waals surface area contributed by atoms with Crippen molar-refractivity contribution < 1.29 is 5.11 Å². The maximum absolute atomic E-state index is 9.53. The molecule has 0 spiro atoms. The Morgan fingerprint density at radius 3 is 2.60 bits per heavy atom. The lowest BCUT2D eigenvalue weighted by molar-refractivity contribution is 0.108. The third-order valence-corrected chi connectivity index (χ3v) is 5.15. The van der Waals surface area contributed by atoms with Crippen LogP contribution in [0.2, 0.25) is 0 Å². The van der Waals surface area contributed by atoms with E-state index < -0.39 is 0 Å². The average molecular weight is 344 g/mol. The van der Waals surface area contributed by atoms with Gasteiger partial charge in [0, 0.05) is 13.1 Å². The van der Waals surface area contributed by atoms with Crippen molar-refractivity contribution in [1.29, 1.82) is 0 Å². The van der Waals surface area contributed by atoms with Gasteiger partial charge in [-0.05, 0) is 67.4 Å². The van der Waals surface area contributed by atoms with Gasteiger partial charge in [0.1, 0.15) is 0 Å². The number of halogens is 1. The highest BCUT2D eigenvalue weighted by Gasteiger charge is 2.19. The Morgan fingerprint density at radius 1 is 1.30 bits per heavy atom. The molecule has 1 aromatic heterocycles. The summed E-state index contributed by atoms with van der Waals surface area (Å²) in [7, 11) is 0. The first kappa shape index (κ1) is 16.0. The Kier molecular flexibility index (Phi) is 6.05. The zero-order valence-corrected chi connectivity index (χ0v) is 14.1. The van der Waals surface area contributed by atoms with E-state index in [1.54, 1.807) is 0 Å². The second kappa shape index (κ2) is 7.57. The van der Waals surface area contributed by atoms with Gasteiger partial charge in [-0.15, -0.1) is 0 Å². The Bertz CT molecular complexity index is 425. The van der Waals surface area contributed by atoms with Crippen molar-refractivity contribution >= 4 is 15.9 Å². The van der Waals surface area contributed by atoms with Crippen LogP contribution in [0.25, 0.3) is 0 Å². The predicted molar refractivity (Wildman–Crippen MR) is 84.7 cm³/mol. The zero-order chi connectivity index (χ0) is 14.5. The minimum absolute atomic E-state index is 0.0611. The van der Waals surface area contributed by atoms with E-state index in [1.165, 1.54) is 5.69 Å². The first-order valence-corrected chi connectivity index (χ1v) is 8.57. The van der Waals surface area contributed by atoms with Gasteiger partial charge in [-0.1, -0.05) is 6.92 Å². The smallest absolute Gasteiger partial charge is 0.0767 e. The molecule has 0 aliphatic heterocycles. The van der Waals surface area contributed by atoms with Crippen molar-refractivity contribution in [2.45, 2.75) is 65.1 Å². The SMILES string of the molecule is CCc1nn(CC)c(CNCC2CCC(O)CC2)c1Br. The molecule has 0 atom stereocenters. The highest BCUT2D eigenvalue weighted by atomic mass is 79.9. The fraction of sp³-hybridized carbons (Fsp3) is 0.800. The standard InChI is InChI=1S/C15H26BrN3O/c1-3-13-15(16)14(19(4-2)18-13)10-17-9-11-5-7-12(20)8-6-11/h11-12,17,20H,3-10H2,1-2H3. The molecule has 1 aliphatic carbocycles. The van der Waals surface area contributed by atoms with Crippen LogP contribution in [-0.2, 0) is 19.5 Å². The fourth-order valence-corrected chi connectivity index (χ4v) is 3.63. The van der Waals surface area contributed by atoms with E-state index in [2.05, 4.69) is 44.9 Å². The molecule has 1 saturated carbocycles. The Labute approximate surface area is 130 Å². The molecule has 2 rings (SSSR count). The van der Waals surface area contributed by atoms with Crippen LogP contribution >= 0.6 is 15.9 Å². The van der Waals surface area contributed by atoms with Crippen molar-refractivity contribution in [2.24, 2.45) is 5.92 Å². The summed E-state index contributed by atoms with van der Waals surface area (Å²) in [5.41, 5.74) is 2.39. The molecule has 1 aliphatic rings. The molecule has 0 saturated heterocycles. The number of hydrogen-bond acceptors (Lipinski definition) is 3. The van der Waals surface area contributed by atoms with E-state index in [9.17, 15) is 5.11 Å². The first-order chi connectivity index (χ1) is 9.65. The molecule has 1 aromatic rings. The molecule has 20 heavy (non-hydrogen) atoms. The summed E-state index contributed by atoms with van der Waals surface area (Å²) in [6.45, 7) is 7.07. The molecule has 0 radical (unpaired) electrons. The van der Waals surface area contributed by atoms with Gasteiger partial charge in [-0.25, -0.2) is 0 Å². The zero-order valence-electron chi connectivity index (χ0n) is 12.5. The molecule has 1 fully saturated rings. The van der Waals surface area contributed by atoms with Crippen LogP contribution in [0, 0.1) is 5.92 Å². The van der Waals surface area contributed by atoms with E-state index >= 15 is 0 Å². The maximum atomic E-state index is 9.53. The van der Waals surface area contributed by atoms with E-state index in [1.807, 2.05) is 0 Å². The largest absolute Gasteiger partial charge is 0.393 e. The normalized spacial score (nSPS) is 23.2. The summed E-state index contributed by atoms with van der Waals surface area (Å²) in [5.74, 6) is 0.709. The quantitative estimate of drug-likeness (QED) is 0.834. The van der Waals surface area contributed by atoms with Gasteiger partial charge in [0.15, 0.2) is 0 Å². The molecule has 114 valence electrons. The summed E-state index contributed by atoms with van der Waals surface area (Å²) >= 11 is 3.68. The monoisotopic (exact) mass is 343 g/mol. The molecule has 1 heterocycles. The minimum atomic E-state index is -0.0611. The van der Waals surface area contributed by atoms with Crippen LogP contribution in [0.15, 0.2) is 4.47 Å². The van der Waals surface area contributed by atoms with Gasteiger partial charge in [0.05, 0.1) is 22.0 Å². The molecule has 0 aromatic carbocycles. The summed E-state index contributed by atoms with van der Waals surface area (Å²) in [6, 6.07) is 0. The van der Waals surface area contributed by atoms with Gasteiger partial charge < -0.3 is 10.4 Å². The summed E-state index contributed by atoms with van der Waals surface area (Å²) < 4.78 is 3.24. The molecule has 0 amide bonds. The van der Waals surface area contributed by atoms with Gasteiger partial charge >= 0.3 is 0 Å². The molecule has 0 bridgehead atoms. The number of aliphatic hydroxyl groups is 1. The topological polar surface area (TPSA) is 50.1 Å². The van der Waals surface area contributed by atoms with E-state index in [0.29, 0.717) is 5.92 Å². The average Bonchev–Trinajstić information content (AvgIpc) is 2.77. The molecule has 5 heteroatoms. The summed E-state index contributed by atoms with van der Waals surface area (Å²) in [4.78, 5) is 0. The number of aryl methyl sites for hydroxylation is 2. The third kappa shape index (κ3) is 3.83. The van der Waals surface area contributed by atoms with E-state index in [-0.39, 0.29) is 6.10 Å². The van der Waals surface area contributed by atoms with Gasteiger partial charge in [-0.3, -0.25) is 4.68 Å². The lowest BCUT2D eigenvalue weighted by Gasteiger charge is -2.25. The Hall–Kier alpha value is -0.390. The number of aromatic nitrogens is 2. The molecule has 4 nitrogen and oxygen atoms in total. The highest BCUT2D eigenvalue weighted by molar-refractivity contribution is 9.10. The summed E-state index contributed by atoms with van der Waals surface area (Å²) in [5, 5.41) is 17.7. The molecule has 0 unspecified atom stereocenters. The Balaban J connectivity index is 1.86. The summed E-state index contributed by atoms with van der Waals surface area (Å²) in [6.07, 6.45) is 5.10. The second-order valence-electron chi connectivity index (χ2n) is 5.68. The second-order valence-corrected chi connectivity index (χ2v) is 6.48. The predicted octanol–water partition coefficient (Wildman–Crippen LogP) is 2.87. The molecular weight excluding hydrogens is 318 g/mol. The minimum Gasteiger partial charge on any atom is -0.393 e. The lowest BCUT2D eigenvalue weighted by Crippen LogP contribution is -2.28. The van der Waals surface area contributed by atoms with Gasteiger partial charge in [0.25, 0.3) is 0 Å². The van der Waals surface area contributed by atoms with Crippen molar-refractivity contribution in [3.8, 4) is 0 Å². The van der Waals surface area contributed by atoms with Crippen LogP contribution in [0.5, 0.6) is 0 Å².